The van der Waals surface area contributed by atoms with E-state index in [1.807, 2.05) is 0 Å². The standard InChI is InChI=1S/C15H19Cl2N3O2/c16-12-3-18-4-13(17)11(12)6-20-5-10(9-1-2-9)14(7-20)19-15(22)8-21/h3-4,9-10,14,21H,1-2,5-8H2,(H,19,22)/t10-,14+/m0/s1. The fourth-order valence-electron chi connectivity index (χ4n) is 3.26. The first-order valence-electron chi connectivity index (χ1n) is 7.49. The summed E-state index contributed by atoms with van der Waals surface area (Å²) in [4.78, 5) is 17.7. The number of halogens is 2. The third-order valence-corrected chi connectivity index (χ3v) is 5.14. The van der Waals surface area contributed by atoms with Gasteiger partial charge in [0.05, 0.1) is 10.0 Å². The molecule has 1 saturated carbocycles. The van der Waals surface area contributed by atoms with Gasteiger partial charge in [-0.2, -0.15) is 0 Å². The van der Waals surface area contributed by atoms with E-state index in [0.29, 0.717) is 28.4 Å². The van der Waals surface area contributed by atoms with Gasteiger partial charge in [-0.1, -0.05) is 23.2 Å². The number of carbonyl (C=O) groups excluding carboxylic acids is 1. The van der Waals surface area contributed by atoms with Crippen LogP contribution in [0.1, 0.15) is 18.4 Å². The van der Waals surface area contributed by atoms with Gasteiger partial charge in [0.15, 0.2) is 0 Å². The van der Waals surface area contributed by atoms with Crippen molar-refractivity contribution in [1.82, 2.24) is 15.2 Å². The number of hydrogen-bond donors (Lipinski definition) is 2. The highest BCUT2D eigenvalue weighted by Crippen LogP contribution is 2.42. The van der Waals surface area contributed by atoms with Crippen molar-refractivity contribution in [2.75, 3.05) is 19.7 Å². The maximum atomic E-state index is 11.5. The molecule has 1 amide bonds. The minimum Gasteiger partial charge on any atom is -0.387 e. The van der Waals surface area contributed by atoms with Crippen LogP contribution >= 0.6 is 23.2 Å². The lowest BCUT2D eigenvalue weighted by Gasteiger charge is -2.18. The van der Waals surface area contributed by atoms with E-state index in [0.717, 1.165) is 18.7 Å². The third kappa shape index (κ3) is 3.54. The van der Waals surface area contributed by atoms with Gasteiger partial charge in [0.1, 0.15) is 6.61 Å². The first kappa shape index (κ1) is 16.0. The maximum absolute atomic E-state index is 11.5. The number of aliphatic hydroxyl groups is 1. The summed E-state index contributed by atoms with van der Waals surface area (Å²) in [5, 5.41) is 13.0. The molecule has 1 aromatic rings. The van der Waals surface area contributed by atoms with Crippen molar-refractivity contribution in [2.24, 2.45) is 11.8 Å². The molecule has 3 rings (SSSR count). The molecule has 120 valence electrons. The Morgan fingerprint density at radius 3 is 2.59 bits per heavy atom. The lowest BCUT2D eigenvalue weighted by Crippen LogP contribution is -2.42. The van der Waals surface area contributed by atoms with Crippen LogP contribution in [0.2, 0.25) is 10.0 Å². The Kier molecular flexibility index (Phi) is 4.88. The second-order valence-corrected chi connectivity index (χ2v) is 6.92. The molecule has 1 aromatic heterocycles. The summed E-state index contributed by atoms with van der Waals surface area (Å²) < 4.78 is 0. The lowest BCUT2D eigenvalue weighted by molar-refractivity contribution is -0.124. The van der Waals surface area contributed by atoms with E-state index in [1.54, 1.807) is 12.4 Å². The number of carbonyl (C=O) groups is 1. The highest BCUT2D eigenvalue weighted by atomic mass is 35.5. The van der Waals surface area contributed by atoms with Crippen molar-refractivity contribution in [2.45, 2.75) is 25.4 Å². The first-order chi connectivity index (χ1) is 10.6. The SMILES string of the molecule is O=C(CO)N[C@@H]1CN(Cc2c(Cl)cncc2Cl)C[C@H]1C1CC1. The van der Waals surface area contributed by atoms with Crippen molar-refractivity contribution in [3.63, 3.8) is 0 Å². The van der Waals surface area contributed by atoms with E-state index in [9.17, 15) is 4.79 Å². The van der Waals surface area contributed by atoms with Crippen LogP contribution in [0.25, 0.3) is 0 Å². The predicted octanol–water partition coefficient (Wildman–Crippen LogP) is 1.71. The Hall–Kier alpha value is -0.880. The molecule has 0 bridgehead atoms. The van der Waals surface area contributed by atoms with Crippen molar-refractivity contribution in [3.05, 3.63) is 28.0 Å². The zero-order chi connectivity index (χ0) is 15.7. The summed E-state index contributed by atoms with van der Waals surface area (Å²) in [5.74, 6) is 0.810. The quantitative estimate of drug-likeness (QED) is 0.854. The number of rotatable bonds is 5. The number of nitrogens with zero attached hydrogens (tertiary/aromatic N) is 2. The summed E-state index contributed by atoms with van der Waals surface area (Å²) in [6.07, 6.45) is 5.64. The number of amides is 1. The molecule has 2 aliphatic rings. The van der Waals surface area contributed by atoms with Crippen molar-refractivity contribution < 1.29 is 9.90 Å². The van der Waals surface area contributed by atoms with Crippen LogP contribution in [0.3, 0.4) is 0 Å². The van der Waals surface area contributed by atoms with Crippen molar-refractivity contribution >= 4 is 29.1 Å². The van der Waals surface area contributed by atoms with Crippen LogP contribution in [0.4, 0.5) is 0 Å². The summed E-state index contributed by atoms with van der Waals surface area (Å²) in [6.45, 7) is 1.85. The molecule has 2 N–H and O–H groups in total. The van der Waals surface area contributed by atoms with E-state index in [-0.39, 0.29) is 11.9 Å². The van der Waals surface area contributed by atoms with E-state index in [4.69, 9.17) is 28.3 Å². The smallest absolute Gasteiger partial charge is 0.245 e. The molecule has 1 saturated heterocycles. The third-order valence-electron chi connectivity index (χ3n) is 4.49. The zero-order valence-corrected chi connectivity index (χ0v) is 13.6. The van der Waals surface area contributed by atoms with E-state index in [1.165, 1.54) is 12.8 Å². The van der Waals surface area contributed by atoms with Gasteiger partial charge in [-0.15, -0.1) is 0 Å². The fraction of sp³-hybridized carbons (Fsp3) is 0.600. The monoisotopic (exact) mass is 343 g/mol. The average Bonchev–Trinajstić information content (AvgIpc) is 3.26. The largest absolute Gasteiger partial charge is 0.387 e. The Labute approximate surface area is 139 Å². The molecule has 0 radical (unpaired) electrons. The van der Waals surface area contributed by atoms with Gasteiger partial charge in [-0.3, -0.25) is 14.7 Å². The Balaban J connectivity index is 1.69. The van der Waals surface area contributed by atoms with Crippen molar-refractivity contribution in [1.29, 1.82) is 0 Å². The van der Waals surface area contributed by atoms with Gasteiger partial charge in [-0.05, 0) is 24.7 Å². The number of aliphatic hydroxyl groups excluding tert-OH is 1. The van der Waals surface area contributed by atoms with E-state index < -0.39 is 6.61 Å². The van der Waals surface area contributed by atoms with Crippen LogP contribution in [0.5, 0.6) is 0 Å². The number of aromatic nitrogens is 1. The predicted molar refractivity (Wildman–Crippen MR) is 84.8 cm³/mol. The first-order valence-corrected chi connectivity index (χ1v) is 8.24. The molecular formula is C15H19Cl2N3O2. The van der Waals surface area contributed by atoms with Crippen LogP contribution in [0, 0.1) is 11.8 Å². The van der Waals surface area contributed by atoms with Crippen molar-refractivity contribution in [3.8, 4) is 0 Å². The molecule has 1 aliphatic carbocycles. The Morgan fingerprint density at radius 1 is 1.32 bits per heavy atom. The Bertz CT molecular complexity index is 545. The molecule has 0 spiro atoms. The number of likely N-dealkylation sites (tertiary alicyclic amines) is 1. The van der Waals surface area contributed by atoms with Gasteiger partial charge < -0.3 is 10.4 Å². The summed E-state index contributed by atoms with van der Waals surface area (Å²) in [7, 11) is 0. The molecule has 0 aromatic carbocycles. The highest BCUT2D eigenvalue weighted by Gasteiger charge is 2.43. The minimum atomic E-state index is -0.462. The van der Waals surface area contributed by atoms with Gasteiger partial charge in [0.25, 0.3) is 0 Å². The van der Waals surface area contributed by atoms with Crippen LogP contribution in [-0.4, -0.2) is 46.6 Å². The van der Waals surface area contributed by atoms with Crippen LogP contribution in [0.15, 0.2) is 12.4 Å². The van der Waals surface area contributed by atoms with Gasteiger partial charge in [0, 0.05) is 43.6 Å². The van der Waals surface area contributed by atoms with Gasteiger partial charge in [0.2, 0.25) is 5.91 Å². The minimum absolute atomic E-state index is 0.0894. The lowest BCUT2D eigenvalue weighted by atomic mass is 9.98. The van der Waals surface area contributed by atoms with Gasteiger partial charge >= 0.3 is 0 Å². The molecule has 0 unspecified atom stereocenters. The summed E-state index contributed by atoms with van der Waals surface area (Å²) >= 11 is 12.4. The molecule has 2 atom stereocenters. The normalized spacial score (nSPS) is 25.4. The maximum Gasteiger partial charge on any atom is 0.245 e. The molecule has 7 heteroatoms. The Morgan fingerprint density at radius 2 is 2.00 bits per heavy atom. The molecule has 2 heterocycles. The fourth-order valence-corrected chi connectivity index (χ4v) is 3.75. The average molecular weight is 344 g/mol. The van der Waals surface area contributed by atoms with Gasteiger partial charge in [-0.25, -0.2) is 0 Å². The van der Waals surface area contributed by atoms with Crippen LogP contribution in [-0.2, 0) is 11.3 Å². The number of hydrogen-bond acceptors (Lipinski definition) is 4. The number of pyridine rings is 1. The highest BCUT2D eigenvalue weighted by molar-refractivity contribution is 6.35. The summed E-state index contributed by atoms with van der Waals surface area (Å²) in [5.41, 5.74) is 0.877. The van der Waals surface area contributed by atoms with E-state index >= 15 is 0 Å². The second-order valence-electron chi connectivity index (χ2n) is 6.11. The van der Waals surface area contributed by atoms with E-state index in [2.05, 4.69) is 15.2 Å². The zero-order valence-electron chi connectivity index (χ0n) is 12.1. The van der Waals surface area contributed by atoms with Crippen LogP contribution < -0.4 is 5.32 Å². The molecule has 1 aliphatic heterocycles. The molecule has 22 heavy (non-hydrogen) atoms. The molecular weight excluding hydrogens is 325 g/mol. The topological polar surface area (TPSA) is 65.5 Å². The molecule has 5 nitrogen and oxygen atoms in total. The number of nitrogens with one attached hydrogen (secondary N) is 1. The second kappa shape index (κ2) is 6.71. The summed E-state index contributed by atoms with van der Waals surface area (Å²) in [6, 6.07) is 0.0894. The molecule has 2 fully saturated rings.